The first-order chi connectivity index (χ1) is 9.47. The molecule has 0 aliphatic rings. The van der Waals surface area contributed by atoms with E-state index in [1.165, 1.54) is 19.2 Å². The molecule has 1 heterocycles. The van der Waals surface area contributed by atoms with E-state index in [4.69, 9.17) is 23.2 Å². The molecule has 6 heteroatoms. The topological polar surface area (TPSA) is 59.1 Å². The average molecular weight is 309 g/mol. The second-order valence-corrected chi connectivity index (χ2v) is 4.87. The summed E-state index contributed by atoms with van der Waals surface area (Å²) in [5.41, 5.74) is 1.37. The van der Waals surface area contributed by atoms with E-state index < -0.39 is 5.91 Å². The summed E-state index contributed by atoms with van der Waals surface area (Å²) in [6.07, 6.45) is 1.31. The first-order valence-electron chi connectivity index (χ1n) is 5.71. The Kier molecular flexibility index (Phi) is 4.37. The normalized spacial score (nSPS) is 10.2. The molecular formula is C14H10Cl2N2O2. The van der Waals surface area contributed by atoms with E-state index in [2.05, 4.69) is 10.3 Å². The molecule has 2 aromatic rings. The molecular weight excluding hydrogens is 299 g/mol. The van der Waals surface area contributed by atoms with Crippen LogP contribution < -0.4 is 5.32 Å². The van der Waals surface area contributed by atoms with E-state index in [0.29, 0.717) is 11.3 Å². The largest absolute Gasteiger partial charge is 0.322 e. The molecule has 1 N–H and O–H groups in total. The number of nitrogens with one attached hydrogen (secondary N) is 1. The van der Waals surface area contributed by atoms with E-state index in [1.54, 1.807) is 24.3 Å². The van der Waals surface area contributed by atoms with Gasteiger partial charge in [-0.25, -0.2) is 4.98 Å². The summed E-state index contributed by atoms with van der Waals surface area (Å²) in [5.74, 6) is -0.428. The lowest BCUT2D eigenvalue weighted by Crippen LogP contribution is -2.13. The number of ketones is 1. The van der Waals surface area contributed by atoms with Crippen LogP contribution in [-0.2, 0) is 0 Å². The van der Waals surface area contributed by atoms with E-state index in [9.17, 15) is 9.59 Å². The van der Waals surface area contributed by atoms with Crippen molar-refractivity contribution in [2.24, 2.45) is 0 Å². The smallest absolute Gasteiger partial charge is 0.258 e. The summed E-state index contributed by atoms with van der Waals surface area (Å²) < 4.78 is 0. The van der Waals surface area contributed by atoms with Crippen LogP contribution in [0.4, 0.5) is 5.69 Å². The van der Waals surface area contributed by atoms with Gasteiger partial charge >= 0.3 is 0 Å². The quantitative estimate of drug-likeness (QED) is 0.692. The number of hydrogen-bond acceptors (Lipinski definition) is 3. The standard InChI is InChI=1S/C14H10Cl2N2O2/c1-8(19)9-2-4-10(5-3-9)18-14(20)11-7-17-13(16)6-12(11)15/h2-7H,1H3,(H,18,20). The third kappa shape index (κ3) is 3.35. The lowest BCUT2D eigenvalue weighted by atomic mass is 10.1. The van der Waals surface area contributed by atoms with Crippen LogP contribution in [0.15, 0.2) is 36.5 Å². The Balaban J connectivity index is 2.17. The molecule has 2 rings (SSSR count). The molecule has 1 aromatic heterocycles. The highest BCUT2D eigenvalue weighted by Crippen LogP contribution is 2.20. The molecule has 4 nitrogen and oxygen atoms in total. The molecule has 102 valence electrons. The molecule has 0 fully saturated rings. The Morgan fingerprint density at radius 1 is 1.15 bits per heavy atom. The minimum Gasteiger partial charge on any atom is -0.322 e. The number of carbonyl (C=O) groups excluding carboxylic acids is 2. The number of hydrogen-bond donors (Lipinski definition) is 1. The Morgan fingerprint density at radius 2 is 1.80 bits per heavy atom. The molecule has 1 aromatic carbocycles. The van der Waals surface area contributed by atoms with Crippen molar-refractivity contribution in [1.82, 2.24) is 4.98 Å². The fourth-order valence-corrected chi connectivity index (χ4v) is 2.01. The maximum atomic E-state index is 12.0. The van der Waals surface area contributed by atoms with Crippen molar-refractivity contribution in [3.05, 3.63) is 57.8 Å². The van der Waals surface area contributed by atoms with Crippen LogP contribution in [-0.4, -0.2) is 16.7 Å². The number of pyridine rings is 1. The van der Waals surface area contributed by atoms with Gasteiger partial charge in [-0.05, 0) is 37.3 Å². The number of anilines is 1. The lowest BCUT2D eigenvalue weighted by molar-refractivity contribution is 0.101. The molecule has 0 spiro atoms. The predicted molar refractivity (Wildman–Crippen MR) is 78.7 cm³/mol. The third-order valence-corrected chi connectivity index (χ3v) is 3.13. The lowest BCUT2D eigenvalue weighted by Gasteiger charge is -2.07. The SMILES string of the molecule is CC(=O)c1ccc(NC(=O)c2cnc(Cl)cc2Cl)cc1. The van der Waals surface area contributed by atoms with Crippen molar-refractivity contribution in [3.8, 4) is 0 Å². The van der Waals surface area contributed by atoms with Crippen molar-refractivity contribution >= 4 is 40.6 Å². The van der Waals surface area contributed by atoms with Gasteiger partial charge in [-0.1, -0.05) is 23.2 Å². The van der Waals surface area contributed by atoms with Crippen molar-refractivity contribution in [3.63, 3.8) is 0 Å². The molecule has 0 bridgehead atoms. The average Bonchev–Trinajstić information content (AvgIpc) is 2.39. The van der Waals surface area contributed by atoms with Crippen molar-refractivity contribution < 1.29 is 9.59 Å². The van der Waals surface area contributed by atoms with Gasteiger partial charge in [0, 0.05) is 17.4 Å². The minimum absolute atomic E-state index is 0.0344. The third-order valence-electron chi connectivity index (χ3n) is 2.61. The van der Waals surface area contributed by atoms with Crippen molar-refractivity contribution in [2.45, 2.75) is 6.92 Å². The highest BCUT2D eigenvalue weighted by molar-refractivity contribution is 6.36. The summed E-state index contributed by atoms with van der Waals surface area (Å²) in [7, 11) is 0. The van der Waals surface area contributed by atoms with Crippen LogP contribution in [0.2, 0.25) is 10.2 Å². The van der Waals surface area contributed by atoms with Gasteiger partial charge in [0.05, 0.1) is 10.6 Å². The monoisotopic (exact) mass is 308 g/mol. The molecule has 0 radical (unpaired) electrons. The van der Waals surface area contributed by atoms with Crippen molar-refractivity contribution in [1.29, 1.82) is 0 Å². The Bertz CT molecular complexity index is 669. The van der Waals surface area contributed by atoms with E-state index in [-0.39, 0.29) is 21.5 Å². The second-order valence-electron chi connectivity index (χ2n) is 4.07. The summed E-state index contributed by atoms with van der Waals surface area (Å²) >= 11 is 11.6. The second kappa shape index (κ2) is 6.03. The number of rotatable bonds is 3. The van der Waals surface area contributed by atoms with Gasteiger partial charge in [-0.3, -0.25) is 9.59 Å². The first kappa shape index (κ1) is 14.5. The molecule has 0 atom stereocenters. The maximum absolute atomic E-state index is 12.0. The fourth-order valence-electron chi connectivity index (χ4n) is 1.56. The number of Topliss-reactive ketones (excluding diaryl/α,β-unsaturated/α-hetero) is 1. The zero-order valence-electron chi connectivity index (χ0n) is 10.5. The van der Waals surface area contributed by atoms with Gasteiger partial charge in [0.1, 0.15) is 5.15 Å². The first-order valence-corrected chi connectivity index (χ1v) is 6.46. The van der Waals surface area contributed by atoms with Gasteiger partial charge in [-0.2, -0.15) is 0 Å². The zero-order chi connectivity index (χ0) is 14.7. The Labute approximate surface area is 125 Å². The number of amides is 1. The molecule has 20 heavy (non-hydrogen) atoms. The van der Waals surface area contributed by atoms with Gasteiger partial charge in [0.15, 0.2) is 5.78 Å². The van der Waals surface area contributed by atoms with Gasteiger partial charge < -0.3 is 5.32 Å². The summed E-state index contributed by atoms with van der Waals surface area (Å²) in [6.45, 7) is 1.48. The van der Waals surface area contributed by atoms with Crippen LogP contribution in [0.25, 0.3) is 0 Å². The number of nitrogens with zero attached hydrogens (tertiary/aromatic N) is 1. The number of benzene rings is 1. The molecule has 0 unspecified atom stereocenters. The number of carbonyl (C=O) groups is 2. The molecule has 0 aliphatic heterocycles. The van der Waals surface area contributed by atoms with E-state index >= 15 is 0 Å². The molecule has 0 saturated carbocycles. The summed E-state index contributed by atoms with van der Waals surface area (Å²) in [6, 6.07) is 7.97. The molecule has 0 aliphatic carbocycles. The van der Waals surface area contributed by atoms with E-state index in [1.807, 2.05) is 0 Å². The highest BCUT2D eigenvalue weighted by atomic mass is 35.5. The van der Waals surface area contributed by atoms with Crippen LogP contribution in [0.3, 0.4) is 0 Å². The predicted octanol–water partition coefficient (Wildman–Crippen LogP) is 3.84. The number of aromatic nitrogens is 1. The fraction of sp³-hybridized carbons (Fsp3) is 0.0714. The van der Waals surface area contributed by atoms with Gasteiger partial charge in [-0.15, -0.1) is 0 Å². The van der Waals surface area contributed by atoms with Gasteiger partial charge in [0.2, 0.25) is 0 Å². The Hall–Kier alpha value is -1.91. The maximum Gasteiger partial charge on any atom is 0.258 e. The summed E-state index contributed by atoms with van der Waals surface area (Å²) in [4.78, 5) is 27.0. The van der Waals surface area contributed by atoms with Gasteiger partial charge in [0.25, 0.3) is 5.91 Å². The van der Waals surface area contributed by atoms with Crippen LogP contribution in [0, 0.1) is 0 Å². The Morgan fingerprint density at radius 3 is 2.35 bits per heavy atom. The summed E-state index contributed by atoms with van der Waals surface area (Å²) in [5, 5.41) is 3.11. The zero-order valence-corrected chi connectivity index (χ0v) is 12.0. The molecule has 1 amide bonds. The van der Waals surface area contributed by atoms with Crippen molar-refractivity contribution in [2.75, 3.05) is 5.32 Å². The molecule has 0 saturated heterocycles. The van der Waals surface area contributed by atoms with Crippen LogP contribution >= 0.6 is 23.2 Å². The van der Waals surface area contributed by atoms with Crippen LogP contribution in [0.1, 0.15) is 27.6 Å². The number of halogens is 2. The van der Waals surface area contributed by atoms with Crippen LogP contribution in [0.5, 0.6) is 0 Å². The highest BCUT2D eigenvalue weighted by Gasteiger charge is 2.12. The van der Waals surface area contributed by atoms with E-state index in [0.717, 1.165) is 0 Å². The minimum atomic E-state index is -0.394.